The Labute approximate surface area is 246 Å². The van der Waals surface area contributed by atoms with Gasteiger partial charge >= 0.3 is 25.7 Å². The minimum absolute atomic E-state index is 0.00726. The number of hydrogen-bond acceptors (Lipinski definition) is 4. The molecule has 10 heteroatoms. The number of halogens is 2. The molecule has 0 aromatic heterocycles. The molecule has 0 fully saturated rings. The van der Waals surface area contributed by atoms with Gasteiger partial charge in [-0.25, -0.2) is 0 Å². The minimum Gasteiger partial charge on any atom is -0.437 e. The van der Waals surface area contributed by atoms with Crippen LogP contribution in [0, 0.1) is 0 Å². The van der Waals surface area contributed by atoms with E-state index in [0.29, 0.717) is 6.61 Å². The molecule has 0 saturated carbocycles. The van der Waals surface area contributed by atoms with Gasteiger partial charge in [0.25, 0.3) is 0 Å². The van der Waals surface area contributed by atoms with Gasteiger partial charge in [-0.15, -0.1) is 0 Å². The number of hydrogen-bond donors (Lipinski definition) is 0. The van der Waals surface area contributed by atoms with Gasteiger partial charge in [0, 0.05) is 21.0 Å². The zero-order valence-corrected chi connectivity index (χ0v) is 31.1. The third kappa shape index (κ3) is 8.08. The predicted octanol–water partition coefficient (Wildman–Crippen LogP) is 9.48. The zero-order chi connectivity index (χ0) is 27.6. The molecule has 0 heterocycles. The van der Waals surface area contributed by atoms with Gasteiger partial charge in [-0.3, -0.25) is 0 Å². The first kappa shape index (κ1) is 31.6. The van der Waals surface area contributed by atoms with Crippen molar-refractivity contribution in [2.24, 2.45) is 0 Å². The zero-order valence-electron chi connectivity index (χ0n) is 23.9. The number of benzene rings is 2. The summed E-state index contributed by atoms with van der Waals surface area (Å²) in [4.78, 5) is 0. The molecule has 0 N–H and O–H groups in total. The summed E-state index contributed by atoms with van der Waals surface area (Å²) in [6.07, 6.45) is 4.25. The monoisotopic (exact) mass is 701 g/mol. The highest BCUT2D eigenvalue weighted by molar-refractivity contribution is 9.10. The van der Waals surface area contributed by atoms with E-state index in [2.05, 4.69) is 128 Å². The molecule has 1 aliphatic rings. The van der Waals surface area contributed by atoms with E-state index in [-0.39, 0.29) is 5.41 Å². The van der Waals surface area contributed by atoms with E-state index >= 15 is 0 Å². The molecular weight excluding hydrogens is 660 g/mol. The van der Waals surface area contributed by atoms with Crippen molar-refractivity contribution >= 4 is 66.6 Å². The number of fused-ring (bicyclic) bond motifs is 3. The van der Waals surface area contributed by atoms with E-state index < -0.39 is 34.7 Å². The number of rotatable bonds is 13. The van der Waals surface area contributed by atoms with Crippen LogP contribution in [0.3, 0.4) is 0 Å². The largest absolute Gasteiger partial charge is 0.437 e. The summed E-state index contributed by atoms with van der Waals surface area (Å²) >= 11 is 7.48. The molecule has 0 spiro atoms. The Morgan fingerprint density at radius 2 is 1.27 bits per heavy atom. The van der Waals surface area contributed by atoms with Crippen LogP contribution < -0.4 is 0 Å². The standard InChI is InChI=1S/C27H43Br2O4Si4/c1-10-16-27(25-19-21(28)12-14-23(25)24-15-13-22(29)20-26(24)27)17-11-18-30-35(4,5)32-37(8,9)33-36(6,7)31-34(2)3/h12-15,19-20H,10-11,16-18H2,1-9H3. The molecule has 37 heavy (non-hydrogen) atoms. The van der Waals surface area contributed by atoms with Crippen LogP contribution in [0.15, 0.2) is 45.3 Å². The van der Waals surface area contributed by atoms with Crippen molar-refractivity contribution in [2.45, 2.75) is 90.4 Å². The summed E-state index contributed by atoms with van der Waals surface area (Å²) in [7, 11) is -7.77. The first-order chi connectivity index (χ1) is 17.1. The quantitative estimate of drug-likeness (QED) is 0.154. The molecule has 205 valence electrons. The second-order valence-electron chi connectivity index (χ2n) is 11.6. The fourth-order valence-electron chi connectivity index (χ4n) is 5.97. The van der Waals surface area contributed by atoms with Crippen molar-refractivity contribution in [1.29, 1.82) is 0 Å². The van der Waals surface area contributed by atoms with Gasteiger partial charge in [-0.05, 0) is 118 Å². The molecular formula is C27H43Br2O4Si4. The summed E-state index contributed by atoms with van der Waals surface area (Å²) in [6, 6.07) is 13.5. The van der Waals surface area contributed by atoms with E-state index in [9.17, 15) is 0 Å². The molecule has 0 unspecified atom stereocenters. The summed E-state index contributed by atoms with van der Waals surface area (Å²) < 4.78 is 28.1. The Balaban J connectivity index is 1.72. The third-order valence-electron chi connectivity index (χ3n) is 6.59. The molecule has 0 aliphatic heterocycles. The van der Waals surface area contributed by atoms with Gasteiger partial charge in [0.15, 0.2) is 9.04 Å². The van der Waals surface area contributed by atoms with Gasteiger partial charge in [-0.1, -0.05) is 57.3 Å². The lowest BCUT2D eigenvalue weighted by Crippen LogP contribution is -2.55. The molecule has 0 bridgehead atoms. The molecule has 2 aromatic rings. The first-order valence-corrected chi connectivity index (χ1v) is 25.7. The molecule has 1 radical (unpaired) electrons. The van der Waals surface area contributed by atoms with Gasteiger partial charge in [0.05, 0.1) is 0 Å². The molecule has 1 aliphatic carbocycles. The lowest BCUT2D eigenvalue weighted by Gasteiger charge is -2.38. The Morgan fingerprint density at radius 1 is 0.757 bits per heavy atom. The van der Waals surface area contributed by atoms with E-state index in [1.165, 1.54) is 22.3 Å². The lowest BCUT2D eigenvalue weighted by atomic mass is 9.71. The second kappa shape index (κ2) is 12.3. The van der Waals surface area contributed by atoms with Crippen LogP contribution in [0.25, 0.3) is 11.1 Å². The van der Waals surface area contributed by atoms with Crippen LogP contribution in [-0.2, 0) is 22.2 Å². The van der Waals surface area contributed by atoms with Crippen molar-refractivity contribution in [3.63, 3.8) is 0 Å². The lowest BCUT2D eigenvalue weighted by molar-refractivity contribution is 0.213. The molecule has 0 atom stereocenters. The molecule has 0 saturated heterocycles. The van der Waals surface area contributed by atoms with Crippen LogP contribution >= 0.6 is 31.9 Å². The smallest absolute Gasteiger partial charge is 0.322 e. The Hall–Kier alpha value is 0.108. The van der Waals surface area contributed by atoms with Crippen molar-refractivity contribution in [3.05, 3.63) is 56.5 Å². The highest BCUT2D eigenvalue weighted by Gasteiger charge is 2.44. The fourth-order valence-corrected chi connectivity index (χ4v) is 22.0. The summed E-state index contributed by atoms with van der Waals surface area (Å²) in [6.45, 7) is 20.1. The Bertz CT molecular complexity index is 1040. The maximum atomic E-state index is 6.62. The van der Waals surface area contributed by atoms with Gasteiger partial charge < -0.3 is 16.8 Å². The molecule has 3 rings (SSSR count). The van der Waals surface area contributed by atoms with Gasteiger partial charge in [0.1, 0.15) is 0 Å². The van der Waals surface area contributed by atoms with Crippen molar-refractivity contribution in [1.82, 2.24) is 0 Å². The van der Waals surface area contributed by atoms with E-state index in [4.69, 9.17) is 16.8 Å². The highest BCUT2D eigenvalue weighted by Crippen LogP contribution is 2.54. The van der Waals surface area contributed by atoms with Crippen molar-refractivity contribution in [2.75, 3.05) is 6.61 Å². The minimum atomic E-state index is -2.38. The topological polar surface area (TPSA) is 36.9 Å². The Morgan fingerprint density at radius 3 is 1.76 bits per heavy atom. The maximum Gasteiger partial charge on any atom is 0.322 e. The summed E-state index contributed by atoms with van der Waals surface area (Å²) in [5, 5.41) is 0. The van der Waals surface area contributed by atoms with Crippen LogP contribution in [0.2, 0.25) is 52.4 Å². The normalized spacial score (nSPS) is 15.2. The Kier molecular flexibility index (Phi) is 10.5. The summed E-state index contributed by atoms with van der Waals surface area (Å²) in [5.41, 5.74) is 5.59. The molecule has 2 aromatic carbocycles. The SMILES string of the molecule is CCCC1(CCCO[Si](C)(C)O[Si](C)(C)O[Si](C)(C)O[Si](C)C)c2cc(Br)ccc2-c2ccc(Br)cc21. The van der Waals surface area contributed by atoms with Crippen LogP contribution in [-0.4, -0.2) is 41.3 Å². The summed E-state index contributed by atoms with van der Waals surface area (Å²) in [5.74, 6) is 0. The third-order valence-corrected chi connectivity index (χ3v) is 19.9. The average Bonchev–Trinajstić information content (AvgIpc) is 2.97. The highest BCUT2D eigenvalue weighted by atomic mass is 79.9. The van der Waals surface area contributed by atoms with E-state index in [1.54, 1.807) is 0 Å². The van der Waals surface area contributed by atoms with E-state index in [0.717, 1.165) is 34.6 Å². The average molecular weight is 704 g/mol. The first-order valence-electron chi connectivity index (χ1n) is 13.2. The van der Waals surface area contributed by atoms with Gasteiger partial charge in [0.2, 0.25) is 0 Å². The van der Waals surface area contributed by atoms with Crippen LogP contribution in [0.5, 0.6) is 0 Å². The fraction of sp³-hybridized carbons (Fsp3) is 0.556. The maximum absolute atomic E-state index is 6.62. The van der Waals surface area contributed by atoms with Crippen molar-refractivity contribution < 1.29 is 16.8 Å². The predicted molar refractivity (Wildman–Crippen MR) is 171 cm³/mol. The van der Waals surface area contributed by atoms with Crippen molar-refractivity contribution in [3.8, 4) is 11.1 Å². The molecule has 4 nitrogen and oxygen atoms in total. The van der Waals surface area contributed by atoms with Crippen LogP contribution in [0.4, 0.5) is 0 Å². The second-order valence-corrected chi connectivity index (χ2v) is 26.4. The molecule has 0 amide bonds. The van der Waals surface area contributed by atoms with Gasteiger partial charge in [-0.2, -0.15) is 0 Å². The van der Waals surface area contributed by atoms with Crippen LogP contribution in [0.1, 0.15) is 43.7 Å². The van der Waals surface area contributed by atoms with E-state index in [1.807, 2.05) is 0 Å².